The fourth-order valence-corrected chi connectivity index (χ4v) is 3.04. The molecule has 1 aromatic rings. The molecule has 0 bridgehead atoms. The summed E-state index contributed by atoms with van der Waals surface area (Å²) in [5.41, 5.74) is 2.52. The van der Waals surface area contributed by atoms with E-state index < -0.39 is 0 Å². The van der Waals surface area contributed by atoms with Gasteiger partial charge < -0.3 is 4.90 Å². The van der Waals surface area contributed by atoms with Crippen LogP contribution >= 0.6 is 15.9 Å². The Morgan fingerprint density at radius 3 is 2.50 bits per heavy atom. The van der Waals surface area contributed by atoms with Crippen molar-refractivity contribution >= 4 is 21.6 Å². The van der Waals surface area contributed by atoms with Gasteiger partial charge in [0, 0.05) is 30.7 Å². The highest BCUT2D eigenvalue weighted by Gasteiger charge is 2.21. The normalized spacial score (nSPS) is 18.4. The van der Waals surface area contributed by atoms with Crippen molar-refractivity contribution < 1.29 is 0 Å². The van der Waals surface area contributed by atoms with E-state index in [0.717, 1.165) is 30.7 Å². The maximum atomic E-state index is 8.93. The van der Waals surface area contributed by atoms with Crippen LogP contribution in [0.4, 0.5) is 5.69 Å². The Labute approximate surface area is 117 Å². The van der Waals surface area contributed by atoms with Gasteiger partial charge in [0.2, 0.25) is 0 Å². The number of anilines is 1. The molecule has 0 aromatic heterocycles. The van der Waals surface area contributed by atoms with Crippen molar-refractivity contribution in [3.05, 3.63) is 28.2 Å². The first kappa shape index (κ1) is 13.4. The molecule has 0 amide bonds. The predicted molar refractivity (Wildman–Crippen MR) is 77.7 cm³/mol. The second kappa shape index (κ2) is 5.73. The van der Waals surface area contributed by atoms with Gasteiger partial charge in [0.25, 0.3) is 0 Å². The zero-order valence-electron chi connectivity index (χ0n) is 10.9. The molecule has 4 heteroatoms. The van der Waals surface area contributed by atoms with Gasteiger partial charge in [0.05, 0.1) is 17.8 Å². The molecule has 0 radical (unpaired) electrons. The van der Waals surface area contributed by atoms with Crippen LogP contribution in [-0.2, 0) is 0 Å². The molecule has 1 unspecified atom stereocenters. The monoisotopic (exact) mass is 307 g/mol. The maximum absolute atomic E-state index is 8.93. The molecule has 2 rings (SSSR count). The van der Waals surface area contributed by atoms with Gasteiger partial charge in [0.1, 0.15) is 0 Å². The average Bonchev–Trinajstić information content (AvgIpc) is 2.38. The van der Waals surface area contributed by atoms with Gasteiger partial charge >= 0.3 is 0 Å². The van der Waals surface area contributed by atoms with E-state index in [1.807, 2.05) is 6.92 Å². The number of hydrogen-bond donors (Lipinski definition) is 0. The van der Waals surface area contributed by atoms with E-state index in [-0.39, 0.29) is 6.04 Å². The number of hydrogen-bond acceptors (Lipinski definition) is 3. The van der Waals surface area contributed by atoms with Crippen molar-refractivity contribution in [2.75, 3.05) is 31.1 Å². The lowest BCUT2D eigenvalue weighted by Gasteiger charge is -2.37. The van der Waals surface area contributed by atoms with Crippen LogP contribution in [0.1, 0.15) is 12.5 Å². The third-order valence-corrected chi connectivity index (χ3v) is 4.13. The molecule has 1 heterocycles. The molecular formula is C14H18BrN3. The SMILES string of the molecule is Cc1ccc(N2CCN(C(C)C#N)CC2)c(Br)c1. The van der Waals surface area contributed by atoms with Crippen LogP contribution in [0, 0.1) is 18.3 Å². The van der Waals surface area contributed by atoms with Crippen molar-refractivity contribution in [1.82, 2.24) is 4.90 Å². The van der Waals surface area contributed by atoms with Gasteiger partial charge in [-0.1, -0.05) is 6.07 Å². The fraction of sp³-hybridized carbons (Fsp3) is 0.500. The second-order valence-corrected chi connectivity index (χ2v) is 5.64. The quantitative estimate of drug-likeness (QED) is 0.841. The highest BCUT2D eigenvalue weighted by molar-refractivity contribution is 9.10. The van der Waals surface area contributed by atoms with E-state index in [9.17, 15) is 0 Å². The number of halogens is 1. The molecule has 96 valence electrons. The first-order valence-electron chi connectivity index (χ1n) is 6.26. The summed E-state index contributed by atoms with van der Waals surface area (Å²) in [6, 6.07) is 8.79. The van der Waals surface area contributed by atoms with E-state index in [0.29, 0.717) is 0 Å². The van der Waals surface area contributed by atoms with Gasteiger partial charge in [-0.05, 0) is 47.5 Å². The molecule has 0 aliphatic carbocycles. The third kappa shape index (κ3) is 2.85. The van der Waals surface area contributed by atoms with Crippen molar-refractivity contribution in [3.63, 3.8) is 0 Å². The smallest absolute Gasteiger partial charge is 0.0950 e. The molecule has 1 saturated heterocycles. The first-order chi connectivity index (χ1) is 8.61. The minimum atomic E-state index is 0.0219. The highest BCUT2D eigenvalue weighted by Crippen LogP contribution is 2.28. The number of nitrogens with zero attached hydrogens (tertiary/aromatic N) is 3. The van der Waals surface area contributed by atoms with Crippen LogP contribution in [0.2, 0.25) is 0 Å². The van der Waals surface area contributed by atoms with E-state index in [2.05, 4.69) is 56.9 Å². The Bertz CT molecular complexity index is 459. The van der Waals surface area contributed by atoms with Crippen molar-refractivity contribution in [2.24, 2.45) is 0 Å². The Balaban J connectivity index is 2.04. The minimum Gasteiger partial charge on any atom is -0.368 e. The molecule has 18 heavy (non-hydrogen) atoms. The summed E-state index contributed by atoms with van der Waals surface area (Å²) in [4.78, 5) is 4.61. The molecule has 1 aliphatic heterocycles. The van der Waals surface area contributed by atoms with Crippen molar-refractivity contribution in [3.8, 4) is 6.07 Å². The molecule has 3 nitrogen and oxygen atoms in total. The summed E-state index contributed by atoms with van der Waals surface area (Å²) in [5, 5.41) is 8.93. The summed E-state index contributed by atoms with van der Waals surface area (Å²) < 4.78 is 1.16. The Hall–Kier alpha value is -1.05. The largest absolute Gasteiger partial charge is 0.368 e. The van der Waals surface area contributed by atoms with Crippen LogP contribution in [0.25, 0.3) is 0 Å². The predicted octanol–water partition coefficient (Wildman–Crippen LogP) is 2.79. The Kier molecular flexibility index (Phi) is 4.26. The zero-order valence-corrected chi connectivity index (χ0v) is 12.4. The standard InChI is InChI=1S/C14H18BrN3/c1-11-3-4-14(13(15)9-11)18-7-5-17(6-8-18)12(2)10-16/h3-4,9,12H,5-8H2,1-2H3. The van der Waals surface area contributed by atoms with Crippen LogP contribution in [0.3, 0.4) is 0 Å². The number of rotatable bonds is 2. The first-order valence-corrected chi connectivity index (χ1v) is 7.06. The molecule has 0 N–H and O–H groups in total. The maximum Gasteiger partial charge on any atom is 0.0950 e. The molecule has 0 spiro atoms. The van der Waals surface area contributed by atoms with Gasteiger partial charge in [0.15, 0.2) is 0 Å². The topological polar surface area (TPSA) is 30.3 Å². The summed E-state index contributed by atoms with van der Waals surface area (Å²) in [7, 11) is 0. The Morgan fingerprint density at radius 2 is 1.94 bits per heavy atom. The lowest BCUT2D eigenvalue weighted by molar-refractivity contribution is 0.231. The lowest BCUT2D eigenvalue weighted by atomic mass is 10.2. The average molecular weight is 308 g/mol. The molecule has 1 aromatic carbocycles. The number of piperazine rings is 1. The number of aryl methyl sites for hydroxylation is 1. The number of benzene rings is 1. The van der Waals surface area contributed by atoms with Gasteiger partial charge in [-0.25, -0.2) is 0 Å². The van der Waals surface area contributed by atoms with E-state index >= 15 is 0 Å². The van der Waals surface area contributed by atoms with Gasteiger partial charge in [-0.15, -0.1) is 0 Å². The zero-order chi connectivity index (χ0) is 13.1. The van der Waals surface area contributed by atoms with Crippen LogP contribution < -0.4 is 4.90 Å². The molecule has 1 aliphatic rings. The van der Waals surface area contributed by atoms with Gasteiger partial charge in [-0.2, -0.15) is 5.26 Å². The minimum absolute atomic E-state index is 0.0219. The third-order valence-electron chi connectivity index (χ3n) is 3.49. The van der Waals surface area contributed by atoms with E-state index in [1.54, 1.807) is 0 Å². The van der Waals surface area contributed by atoms with E-state index in [4.69, 9.17) is 5.26 Å². The van der Waals surface area contributed by atoms with Crippen molar-refractivity contribution in [1.29, 1.82) is 5.26 Å². The molecule has 1 atom stereocenters. The summed E-state index contributed by atoms with van der Waals surface area (Å²) >= 11 is 3.63. The molecule has 1 fully saturated rings. The van der Waals surface area contributed by atoms with Crippen LogP contribution in [-0.4, -0.2) is 37.1 Å². The van der Waals surface area contributed by atoms with Crippen LogP contribution in [0.5, 0.6) is 0 Å². The summed E-state index contributed by atoms with van der Waals surface area (Å²) in [5.74, 6) is 0. The summed E-state index contributed by atoms with van der Waals surface area (Å²) in [6.45, 7) is 7.93. The number of nitriles is 1. The van der Waals surface area contributed by atoms with Crippen LogP contribution in [0.15, 0.2) is 22.7 Å². The molecule has 0 saturated carbocycles. The van der Waals surface area contributed by atoms with Crippen molar-refractivity contribution in [2.45, 2.75) is 19.9 Å². The highest BCUT2D eigenvalue weighted by atomic mass is 79.9. The summed E-state index contributed by atoms with van der Waals surface area (Å²) in [6.07, 6.45) is 0. The lowest BCUT2D eigenvalue weighted by Crippen LogP contribution is -2.49. The van der Waals surface area contributed by atoms with E-state index in [1.165, 1.54) is 11.3 Å². The van der Waals surface area contributed by atoms with Gasteiger partial charge in [-0.3, -0.25) is 4.90 Å². The Morgan fingerprint density at radius 1 is 1.28 bits per heavy atom. The molecular weight excluding hydrogens is 290 g/mol. The second-order valence-electron chi connectivity index (χ2n) is 4.78. The fourth-order valence-electron chi connectivity index (χ4n) is 2.30.